The number of anilines is 3. The number of aromatic nitrogens is 3. The average molecular weight is 366 g/mol. The fourth-order valence-electron chi connectivity index (χ4n) is 4.13. The fraction of sp³-hybridized carbons (Fsp3) is 0.550. The molecular formula is C20H26N6O. The minimum absolute atomic E-state index is 0.253. The van der Waals surface area contributed by atoms with Crippen LogP contribution in [0.5, 0.6) is 0 Å². The highest BCUT2D eigenvalue weighted by atomic mass is 16.5. The largest absolute Gasteiger partial charge is 0.377 e. The van der Waals surface area contributed by atoms with Crippen molar-refractivity contribution in [1.29, 1.82) is 5.26 Å². The Hall–Kier alpha value is -2.59. The molecule has 7 nitrogen and oxygen atoms in total. The van der Waals surface area contributed by atoms with Crippen LogP contribution in [-0.2, 0) is 10.2 Å². The molecule has 1 aliphatic heterocycles. The van der Waals surface area contributed by atoms with Crippen LogP contribution >= 0.6 is 0 Å². The van der Waals surface area contributed by atoms with E-state index in [0.29, 0.717) is 13.2 Å². The Balaban J connectivity index is 1.75. The number of pyridine rings is 1. The third-order valence-electron chi connectivity index (χ3n) is 5.66. The van der Waals surface area contributed by atoms with Gasteiger partial charge in [-0.1, -0.05) is 12.8 Å². The Kier molecular flexibility index (Phi) is 4.75. The van der Waals surface area contributed by atoms with Crippen LogP contribution in [-0.4, -0.2) is 41.0 Å². The molecule has 0 amide bonds. The molecule has 1 atom stereocenters. The first kappa shape index (κ1) is 17.8. The van der Waals surface area contributed by atoms with E-state index in [1.54, 1.807) is 0 Å². The number of rotatable bonds is 4. The van der Waals surface area contributed by atoms with E-state index in [1.807, 2.05) is 19.1 Å². The summed E-state index contributed by atoms with van der Waals surface area (Å²) in [5.74, 6) is 2.37. The molecule has 0 spiro atoms. The Labute approximate surface area is 159 Å². The van der Waals surface area contributed by atoms with Gasteiger partial charge < -0.3 is 15.0 Å². The quantitative estimate of drug-likeness (QED) is 0.862. The Morgan fingerprint density at radius 3 is 2.78 bits per heavy atom. The minimum Gasteiger partial charge on any atom is -0.377 e. The van der Waals surface area contributed by atoms with Crippen LogP contribution in [0.15, 0.2) is 18.2 Å². The number of nitriles is 1. The van der Waals surface area contributed by atoms with Gasteiger partial charge in [-0.05, 0) is 44.4 Å². The molecule has 2 N–H and O–H groups in total. The number of ether oxygens (including phenoxy) is 1. The zero-order valence-corrected chi connectivity index (χ0v) is 16.0. The zero-order chi connectivity index (χ0) is 18.9. The minimum atomic E-state index is -0.412. The molecule has 1 saturated heterocycles. The van der Waals surface area contributed by atoms with Gasteiger partial charge in [-0.3, -0.25) is 5.10 Å². The molecule has 142 valence electrons. The smallest absolute Gasteiger partial charge is 0.153 e. The van der Waals surface area contributed by atoms with Crippen molar-refractivity contribution in [2.24, 2.45) is 0 Å². The average Bonchev–Trinajstić information content (AvgIpc) is 3.31. The van der Waals surface area contributed by atoms with E-state index in [-0.39, 0.29) is 6.04 Å². The zero-order valence-electron chi connectivity index (χ0n) is 16.0. The summed E-state index contributed by atoms with van der Waals surface area (Å²) in [5, 5.41) is 20.5. The van der Waals surface area contributed by atoms with E-state index in [0.717, 1.165) is 60.9 Å². The fourth-order valence-corrected chi connectivity index (χ4v) is 4.13. The number of hydrogen-bond donors (Lipinski definition) is 2. The Morgan fingerprint density at radius 2 is 2.11 bits per heavy atom. The van der Waals surface area contributed by atoms with Crippen molar-refractivity contribution in [2.45, 2.75) is 51.0 Å². The second-order valence-electron chi connectivity index (χ2n) is 7.68. The van der Waals surface area contributed by atoms with Gasteiger partial charge in [0.2, 0.25) is 0 Å². The maximum atomic E-state index is 9.97. The predicted molar refractivity (Wildman–Crippen MR) is 104 cm³/mol. The Morgan fingerprint density at radius 1 is 1.30 bits per heavy atom. The highest BCUT2D eigenvalue weighted by Gasteiger charge is 2.37. The number of H-pyrrole nitrogens is 1. The van der Waals surface area contributed by atoms with Crippen LogP contribution in [0.3, 0.4) is 0 Å². The second-order valence-corrected chi connectivity index (χ2v) is 7.68. The van der Waals surface area contributed by atoms with Gasteiger partial charge >= 0.3 is 0 Å². The first-order valence-corrected chi connectivity index (χ1v) is 9.67. The summed E-state index contributed by atoms with van der Waals surface area (Å²) in [6, 6.07) is 8.94. The summed E-state index contributed by atoms with van der Waals surface area (Å²) in [4.78, 5) is 7.12. The molecule has 2 aromatic rings. The van der Waals surface area contributed by atoms with Gasteiger partial charge in [0, 0.05) is 18.3 Å². The van der Waals surface area contributed by atoms with Crippen LogP contribution in [0.2, 0.25) is 0 Å². The molecule has 1 aliphatic carbocycles. The van der Waals surface area contributed by atoms with E-state index in [1.165, 1.54) is 0 Å². The van der Waals surface area contributed by atoms with Gasteiger partial charge in [-0.2, -0.15) is 10.4 Å². The molecule has 2 fully saturated rings. The maximum Gasteiger partial charge on any atom is 0.153 e. The molecule has 7 heteroatoms. The summed E-state index contributed by atoms with van der Waals surface area (Å²) < 4.78 is 5.58. The molecular weight excluding hydrogens is 340 g/mol. The summed E-state index contributed by atoms with van der Waals surface area (Å²) >= 11 is 0. The van der Waals surface area contributed by atoms with Crippen molar-refractivity contribution in [1.82, 2.24) is 15.2 Å². The summed E-state index contributed by atoms with van der Waals surface area (Å²) in [7, 11) is 0. The summed E-state index contributed by atoms with van der Waals surface area (Å²) in [6.07, 6.45) is 4.01. The van der Waals surface area contributed by atoms with Crippen molar-refractivity contribution in [3.05, 3.63) is 29.5 Å². The van der Waals surface area contributed by atoms with Gasteiger partial charge in [-0.25, -0.2) is 4.98 Å². The molecule has 2 aromatic heterocycles. The van der Waals surface area contributed by atoms with Gasteiger partial charge in [0.25, 0.3) is 0 Å². The molecule has 0 aromatic carbocycles. The van der Waals surface area contributed by atoms with E-state index >= 15 is 0 Å². The van der Waals surface area contributed by atoms with E-state index in [9.17, 15) is 5.26 Å². The van der Waals surface area contributed by atoms with Gasteiger partial charge in [0.05, 0.1) is 30.7 Å². The normalized spacial score (nSPS) is 21.8. The molecule has 0 radical (unpaired) electrons. The number of hydrogen-bond acceptors (Lipinski definition) is 6. The van der Waals surface area contributed by atoms with Crippen LogP contribution in [0.25, 0.3) is 0 Å². The standard InChI is InChI=1S/C20H26N6O/c1-14-9-18(25-24-14)22-17-10-16(20(13-21)5-3-4-6-20)11-19(23-17)26-7-8-27-12-15(26)2/h9-11,15H,3-8,12H2,1-2H3,(H2,22,23,24,25)/t15-/m1/s1. The van der Waals surface area contributed by atoms with E-state index in [2.05, 4.69) is 39.5 Å². The topological polar surface area (TPSA) is 89.9 Å². The van der Waals surface area contributed by atoms with Crippen molar-refractivity contribution in [3.63, 3.8) is 0 Å². The molecule has 1 saturated carbocycles. The molecule has 0 bridgehead atoms. The highest BCUT2D eigenvalue weighted by Crippen LogP contribution is 2.42. The van der Waals surface area contributed by atoms with Gasteiger partial charge in [0.15, 0.2) is 5.82 Å². The second kappa shape index (κ2) is 7.20. The van der Waals surface area contributed by atoms with Crippen LogP contribution in [0, 0.1) is 18.3 Å². The molecule has 27 heavy (non-hydrogen) atoms. The summed E-state index contributed by atoms with van der Waals surface area (Å²) in [6.45, 7) is 6.30. The SMILES string of the molecule is Cc1cc(Nc2cc(C3(C#N)CCCC3)cc(N3CCOC[C@H]3C)n2)n[nH]1. The highest BCUT2D eigenvalue weighted by molar-refractivity contribution is 5.59. The number of nitrogens with zero attached hydrogens (tertiary/aromatic N) is 4. The third kappa shape index (κ3) is 3.50. The van der Waals surface area contributed by atoms with E-state index < -0.39 is 5.41 Å². The molecule has 0 unspecified atom stereocenters. The van der Waals surface area contributed by atoms with Crippen LogP contribution < -0.4 is 10.2 Å². The number of aryl methyl sites for hydroxylation is 1. The lowest BCUT2D eigenvalue weighted by Crippen LogP contribution is -2.44. The molecule has 3 heterocycles. The monoisotopic (exact) mass is 366 g/mol. The lowest BCUT2D eigenvalue weighted by atomic mass is 9.80. The first-order chi connectivity index (χ1) is 13.1. The maximum absolute atomic E-state index is 9.97. The van der Waals surface area contributed by atoms with Crippen LogP contribution in [0.1, 0.15) is 43.9 Å². The first-order valence-electron chi connectivity index (χ1n) is 9.67. The van der Waals surface area contributed by atoms with Crippen molar-refractivity contribution in [2.75, 3.05) is 30.0 Å². The number of aromatic amines is 1. The Bertz CT molecular complexity index is 848. The lowest BCUT2D eigenvalue weighted by Gasteiger charge is -2.35. The van der Waals surface area contributed by atoms with Crippen molar-refractivity contribution >= 4 is 17.5 Å². The van der Waals surface area contributed by atoms with Gasteiger partial charge in [0.1, 0.15) is 11.6 Å². The van der Waals surface area contributed by atoms with Gasteiger partial charge in [-0.15, -0.1) is 0 Å². The van der Waals surface area contributed by atoms with E-state index in [4.69, 9.17) is 9.72 Å². The number of morpholine rings is 1. The third-order valence-corrected chi connectivity index (χ3v) is 5.66. The lowest BCUT2D eigenvalue weighted by molar-refractivity contribution is 0.0985. The van der Waals surface area contributed by atoms with Crippen molar-refractivity contribution in [3.8, 4) is 6.07 Å². The molecule has 4 rings (SSSR count). The van der Waals surface area contributed by atoms with Crippen LogP contribution in [0.4, 0.5) is 17.5 Å². The summed E-state index contributed by atoms with van der Waals surface area (Å²) in [5.41, 5.74) is 1.63. The van der Waals surface area contributed by atoms with Crippen molar-refractivity contribution < 1.29 is 4.74 Å². The molecule has 2 aliphatic rings. The number of nitrogens with one attached hydrogen (secondary N) is 2. The predicted octanol–water partition coefficient (Wildman–Crippen LogP) is 3.42.